The highest BCUT2D eigenvalue weighted by Crippen LogP contribution is 2.47. The van der Waals surface area contributed by atoms with Crippen LogP contribution in [0, 0.1) is 11.3 Å². The number of rotatable bonds is 9. The highest BCUT2D eigenvalue weighted by atomic mass is 79.9. The molecule has 41 heavy (non-hydrogen) atoms. The number of benzene rings is 3. The van der Waals surface area contributed by atoms with Crippen LogP contribution in [-0.4, -0.2) is 30.5 Å². The summed E-state index contributed by atoms with van der Waals surface area (Å²) in [6.07, 6.45) is 1.91. The topological polar surface area (TPSA) is 97.5 Å². The lowest BCUT2D eigenvalue weighted by atomic mass is 9.86. The van der Waals surface area contributed by atoms with Crippen molar-refractivity contribution in [1.82, 2.24) is 4.31 Å². The van der Waals surface area contributed by atoms with Crippen molar-refractivity contribution < 1.29 is 18.0 Å². The second kappa shape index (κ2) is 13.0. The maximum Gasteiger partial charge on any atom is 0.245 e. The van der Waals surface area contributed by atoms with Crippen molar-refractivity contribution in [3.63, 3.8) is 0 Å². The van der Waals surface area contributed by atoms with Gasteiger partial charge in [-0.05, 0) is 47.2 Å². The average Bonchev–Trinajstić information content (AvgIpc) is 3.32. The monoisotopic (exact) mass is 658 g/mol. The van der Waals surface area contributed by atoms with E-state index in [2.05, 4.69) is 15.9 Å². The Balaban J connectivity index is 0.00000462. The molecule has 0 spiro atoms. The first-order chi connectivity index (χ1) is 18.8. The van der Waals surface area contributed by atoms with Gasteiger partial charge in [0.1, 0.15) is 4.90 Å². The molecule has 3 aromatic rings. The van der Waals surface area contributed by atoms with Gasteiger partial charge in [0.2, 0.25) is 15.9 Å². The highest BCUT2D eigenvalue weighted by molar-refractivity contribution is 9.10. The molecule has 1 aliphatic rings. The molecule has 0 saturated heterocycles. The fraction of sp³-hybridized carbons (Fsp3) is 0.312. The third kappa shape index (κ3) is 7.17. The van der Waals surface area contributed by atoms with Gasteiger partial charge in [-0.25, -0.2) is 8.42 Å². The summed E-state index contributed by atoms with van der Waals surface area (Å²) in [6, 6.07) is 21.3. The van der Waals surface area contributed by atoms with Gasteiger partial charge in [0.15, 0.2) is 5.78 Å². The number of halogens is 2. The maximum absolute atomic E-state index is 14.3. The molecule has 1 aliphatic heterocycles. The molecule has 4 rings (SSSR count). The van der Waals surface area contributed by atoms with Crippen molar-refractivity contribution >= 4 is 49.2 Å². The molecule has 0 fully saturated rings. The van der Waals surface area contributed by atoms with Gasteiger partial charge in [0, 0.05) is 28.4 Å². The van der Waals surface area contributed by atoms with Gasteiger partial charge in [0.25, 0.3) is 0 Å². The van der Waals surface area contributed by atoms with Crippen LogP contribution in [0.2, 0.25) is 5.02 Å². The second-order valence-corrected chi connectivity index (χ2v) is 14.2. The van der Waals surface area contributed by atoms with Gasteiger partial charge in [0.05, 0.1) is 11.1 Å². The predicted molar refractivity (Wildman–Crippen MR) is 168 cm³/mol. The molecule has 0 unspecified atom stereocenters. The summed E-state index contributed by atoms with van der Waals surface area (Å²) in [4.78, 5) is 26.4. The Bertz CT molecular complexity index is 1530. The summed E-state index contributed by atoms with van der Waals surface area (Å²) in [5.41, 5.74) is 7.00. The smallest absolute Gasteiger partial charge is 0.245 e. The lowest BCUT2D eigenvalue weighted by Gasteiger charge is -2.37. The van der Waals surface area contributed by atoms with E-state index in [9.17, 15) is 18.0 Å². The maximum atomic E-state index is 14.3. The van der Waals surface area contributed by atoms with E-state index in [0.29, 0.717) is 17.6 Å². The summed E-state index contributed by atoms with van der Waals surface area (Å²) >= 11 is 9.84. The lowest BCUT2D eigenvalue weighted by molar-refractivity contribution is -0.126. The van der Waals surface area contributed by atoms with Gasteiger partial charge >= 0.3 is 0 Å². The van der Waals surface area contributed by atoms with Crippen molar-refractivity contribution in [2.45, 2.75) is 58.0 Å². The molecular weight excluding hydrogens is 624 g/mol. The third-order valence-corrected chi connectivity index (χ3v) is 9.98. The van der Waals surface area contributed by atoms with Crippen molar-refractivity contribution in [3.05, 3.63) is 111 Å². The molecule has 1 heterocycles. The molecule has 9 heteroatoms. The number of Topliss-reactive ketones (excluding diaryl/α,β-unsaturated/α-hetero) is 1. The Kier molecular flexibility index (Phi) is 10.4. The Morgan fingerprint density at radius 1 is 0.976 bits per heavy atom. The number of hydrogen-bond acceptors (Lipinski definition) is 4. The van der Waals surface area contributed by atoms with E-state index < -0.39 is 39.3 Å². The number of hydrogen-bond donors (Lipinski definition) is 1. The minimum absolute atomic E-state index is 0. The van der Waals surface area contributed by atoms with Crippen LogP contribution in [0.5, 0.6) is 0 Å². The first kappa shape index (κ1) is 32.7. The zero-order valence-electron chi connectivity index (χ0n) is 22.6. The van der Waals surface area contributed by atoms with Gasteiger partial charge < -0.3 is 5.73 Å². The molecular formula is C32H36BrClN2O4S. The van der Waals surface area contributed by atoms with Crippen molar-refractivity contribution in [3.8, 4) is 0 Å². The fourth-order valence-corrected chi connectivity index (χ4v) is 7.72. The van der Waals surface area contributed by atoms with Crippen molar-refractivity contribution in [2.75, 3.05) is 0 Å². The Labute approximate surface area is 256 Å². The minimum atomic E-state index is -4.18. The van der Waals surface area contributed by atoms with Gasteiger partial charge in [-0.1, -0.05) is 116 Å². The standard InChI is InChI=1S/C31H32BrClN2O4S.CH4/c1-31(2,3)28-19-24(26(36)18-22(30(34)37)17-20-9-5-4-6-10-20)29(21-13-15-23(32)16-14-21)35(28)40(38,39)27-12-8-7-11-25(27)33;/h4-16,19,22,28-29H,17-18H2,1-3H3,(H2,34,37);1H4/t22-,28+,29+;/m1./s1. The molecule has 3 aromatic carbocycles. The molecule has 0 bridgehead atoms. The lowest BCUT2D eigenvalue weighted by Crippen LogP contribution is -2.45. The van der Waals surface area contributed by atoms with Gasteiger partial charge in [-0.2, -0.15) is 4.31 Å². The normalized spacial score (nSPS) is 18.3. The summed E-state index contributed by atoms with van der Waals surface area (Å²) in [7, 11) is -4.18. The Morgan fingerprint density at radius 2 is 1.56 bits per heavy atom. The van der Waals surface area contributed by atoms with Crippen LogP contribution in [0.1, 0.15) is 51.8 Å². The van der Waals surface area contributed by atoms with Crippen LogP contribution in [-0.2, 0) is 26.0 Å². The van der Waals surface area contributed by atoms with E-state index in [1.54, 1.807) is 30.3 Å². The van der Waals surface area contributed by atoms with Crippen LogP contribution < -0.4 is 5.73 Å². The summed E-state index contributed by atoms with van der Waals surface area (Å²) < 4.78 is 30.8. The SMILES string of the molecule is C.CC(C)(C)[C@@H]1C=C(C(=O)C[C@@H](Cc2ccccc2)C(N)=O)[C@H](c2ccc(Br)cc2)N1S(=O)(=O)c1ccccc1Cl. The van der Waals surface area contributed by atoms with E-state index in [-0.39, 0.29) is 29.5 Å². The summed E-state index contributed by atoms with van der Waals surface area (Å²) in [5.74, 6) is -1.65. The van der Waals surface area contributed by atoms with Crippen LogP contribution in [0.15, 0.2) is 99.9 Å². The van der Waals surface area contributed by atoms with Gasteiger partial charge in [-0.3, -0.25) is 9.59 Å². The molecule has 218 valence electrons. The first-order valence-corrected chi connectivity index (χ1v) is 15.5. The van der Waals surface area contributed by atoms with E-state index in [1.165, 1.54) is 16.4 Å². The molecule has 0 aromatic heterocycles. The number of nitrogens with zero attached hydrogens (tertiary/aromatic N) is 1. The average molecular weight is 660 g/mol. The third-order valence-electron chi connectivity index (χ3n) is 7.11. The first-order valence-electron chi connectivity index (χ1n) is 12.9. The largest absolute Gasteiger partial charge is 0.369 e. The van der Waals surface area contributed by atoms with Crippen LogP contribution in [0.4, 0.5) is 0 Å². The Morgan fingerprint density at radius 3 is 2.12 bits per heavy atom. The molecule has 2 N–H and O–H groups in total. The molecule has 3 atom stereocenters. The second-order valence-electron chi connectivity index (χ2n) is 11.1. The number of carbonyl (C=O) groups excluding carboxylic acids is 2. The van der Waals surface area contributed by atoms with E-state index in [0.717, 1.165) is 10.0 Å². The number of nitrogens with two attached hydrogens (primary N) is 1. The molecule has 0 saturated carbocycles. The fourth-order valence-electron chi connectivity index (χ4n) is 5.05. The van der Waals surface area contributed by atoms with E-state index >= 15 is 0 Å². The van der Waals surface area contributed by atoms with Crippen molar-refractivity contribution in [2.24, 2.45) is 17.1 Å². The van der Waals surface area contributed by atoms with Crippen LogP contribution >= 0.6 is 27.5 Å². The molecule has 1 amide bonds. The predicted octanol–water partition coefficient (Wildman–Crippen LogP) is 7.13. The van der Waals surface area contributed by atoms with Crippen LogP contribution in [0.3, 0.4) is 0 Å². The number of carbonyl (C=O) groups is 2. The highest BCUT2D eigenvalue weighted by Gasteiger charge is 2.50. The minimum Gasteiger partial charge on any atom is -0.369 e. The summed E-state index contributed by atoms with van der Waals surface area (Å²) in [5, 5.41) is 0.0983. The Hall–Kier alpha value is -2.78. The molecule has 0 aliphatic carbocycles. The molecule has 6 nitrogen and oxygen atoms in total. The zero-order chi connectivity index (χ0) is 29.2. The number of sulfonamides is 1. The van der Waals surface area contributed by atoms with E-state index in [1.807, 2.05) is 63.2 Å². The quantitative estimate of drug-likeness (QED) is 0.264. The number of primary amides is 1. The number of ketones is 1. The van der Waals surface area contributed by atoms with Gasteiger partial charge in [-0.15, -0.1) is 0 Å². The van der Waals surface area contributed by atoms with E-state index in [4.69, 9.17) is 17.3 Å². The van der Waals surface area contributed by atoms with Crippen LogP contribution in [0.25, 0.3) is 0 Å². The zero-order valence-corrected chi connectivity index (χ0v) is 25.7. The molecule has 0 radical (unpaired) electrons. The summed E-state index contributed by atoms with van der Waals surface area (Å²) in [6.45, 7) is 5.78. The number of amides is 1. The van der Waals surface area contributed by atoms with Crippen molar-refractivity contribution in [1.29, 1.82) is 0 Å².